The summed E-state index contributed by atoms with van der Waals surface area (Å²) in [5.41, 5.74) is 1.74. The summed E-state index contributed by atoms with van der Waals surface area (Å²) in [4.78, 5) is 13.8. The van der Waals surface area contributed by atoms with Gasteiger partial charge >= 0.3 is 12.1 Å². The van der Waals surface area contributed by atoms with Crippen molar-refractivity contribution >= 4 is 17.6 Å². The summed E-state index contributed by atoms with van der Waals surface area (Å²) in [6.07, 6.45) is 8.39. The van der Waals surface area contributed by atoms with Gasteiger partial charge in [-0.05, 0) is 59.9 Å². The van der Waals surface area contributed by atoms with Crippen LogP contribution in [0.5, 0.6) is 0 Å². The Morgan fingerprint density at radius 2 is 1.88 bits per heavy atom. The first kappa shape index (κ1) is 30.9. The molecule has 2 aromatic carbocycles. The van der Waals surface area contributed by atoms with Crippen LogP contribution in [-0.4, -0.2) is 37.7 Å². The van der Waals surface area contributed by atoms with Gasteiger partial charge in [-0.15, -0.1) is 0 Å². The van der Waals surface area contributed by atoms with Gasteiger partial charge in [-0.2, -0.15) is 13.2 Å². The number of allylic oxidation sites excluding steroid dienone is 4. The lowest BCUT2D eigenvalue weighted by Gasteiger charge is -2.32. The summed E-state index contributed by atoms with van der Waals surface area (Å²) in [5, 5.41) is -0.234. The molecule has 1 fully saturated rings. The summed E-state index contributed by atoms with van der Waals surface area (Å²) in [7, 11) is 1.34. The normalized spacial score (nSPS) is 17.6. The Labute approximate surface area is 245 Å². The Morgan fingerprint density at radius 1 is 1.12 bits per heavy atom. The highest BCUT2D eigenvalue weighted by Crippen LogP contribution is 2.39. The van der Waals surface area contributed by atoms with Crippen LogP contribution in [0.25, 0.3) is 0 Å². The number of esters is 1. The van der Waals surface area contributed by atoms with Crippen molar-refractivity contribution < 1.29 is 27.4 Å². The average molecular weight is 588 g/mol. The van der Waals surface area contributed by atoms with Crippen molar-refractivity contribution in [2.45, 2.75) is 57.2 Å². The van der Waals surface area contributed by atoms with Gasteiger partial charge in [0.2, 0.25) is 0 Å². The molecule has 0 radical (unpaired) electrons. The molecule has 4 rings (SSSR count). The molecule has 0 N–H and O–H groups in total. The number of hydrogen-bond acceptors (Lipinski definition) is 4. The third-order valence-electron chi connectivity index (χ3n) is 7.81. The van der Waals surface area contributed by atoms with E-state index in [1.165, 1.54) is 37.7 Å². The Kier molecular flexibility index (Phi) is 11.1. The smallest absolute Gasteiger partial charge is 0.417 e. The molecule has 2 aromatic rings. The van der Waals surface area contributed by atoms with Crippen molar-refractivity contribution in [1.29, 1.82) is 0 Å². The van der Waals surface area contributed by atoms with Crippen molar-refractivity contribution in [3.63, 3.8) is 0 Å². The third-order valence-corrected chi connectivity index (χ3v) is 8.26. The average Bonchev–Trinajstić information content (AvgIpc) is 3.49. The molecule has 0 aliphatic heterocycles. The molecule has 1 atom stereocenters. The zero-order valence-corrected chi connectivity index (χ0v) is 24.1. The summed E-state index contributed by atoms with van der Waals surface area (Å²) in [6.45, 7) is 2.11. The topological polar surface area (TPSA) is 38.8 Å². The number of nitrogens with zero attached hydrogens (tertiary/aromatic N) is 1. The molecule has 0 heterocycles. The Balaban J connectivity index is 1.48. The van der Waals surface area contributed by atoms with Gasteiger partial charge in [0.25, 0.3) is 0 Å². The van der Waals surface area contributed by atoms with Gasteiger partial charge in [0, 0.05) is 32.1 Å². The minimum absolute atomic E-state index is 0.234. The van der Waals surface area contributed by atoms with E-state index in [4.69, 9.17) is 21.1 Å². The first-order chi connectivity index (χ1) is 19.7. The fourth-order valence-corrected chi connectivity index (χ4v) is 6.05. The standard InChI is InChI=1S/C33H37ClF3NO3/c1-40-31(39)21-24-10-7-16-28(20-24)41-19-9-18-38(22-27-15-8-17-30(32(27)34)33(35,36)37)23-29(26-13-5-6-14-26)25-11-3-2-4-12-25/h2-4,7-8,10-12,15-17,21,26,29H,5-6,9,13-14,18-20,22-23H2,1H3/b24-21+. The lowest BCUT2D eigenvalue weighted by molar-refractivity contribution is -0.137. The highest BCUT2D eigenvalue weighted by molar-refractivity contribution is 6.32. The second-order valence-electron chi connectivity index (χ2n) is 10.7. The molecule has 0 saturated heterocycles. The van der Waals surface area contributed by atoms with Crippen molar-refractivity contribution in [1.82, 2.24) is 4.90 Å². The van der Waals surface area contributed by atoms with Crippen LogP contribution in [0.4, 0.5) is 13.2 Å². The lowest BCUT2D eigenvalue weighted by atomic mass is 9.84. The molecule has 1 saturated carbocycles. The van der Waals surface area contributed by atoms with Gasteiger partial charge in [0.05, 0.1) is 24.3 Å². The molecule has 0 aromatic heterocycles. The zero-order chi connectivity index (χ0) is 29.2. The predicted octanol–water partition coefficient (Wildman–Crippen LogP) is 8.48. The van der Waals surface area contributed by atoms with Crippen molar-refractivity contribution in [2.24, 2.45) is 5.92 Å². The number of carbonyl (C=O) groups is 1. The molecule has 4 nitrogen and oxygen atoms in total. The molecular weight excluding hydrogens is 551 g/mol. The van der Waals surface area contributed by atoms with Crippen LogP contribution in [0.3, 0.4) is 0 Å². The van der Waals surface area contributed by atoms with Crippen molar-refractivity contribution in [3.05, 3.63) is 106 Å². The van der Waals surface area contributed by atoms with E-state index in [0.29, 0.717) is 44.0 Å². The highest BCUT2D eigenvalue weighted by Gasteiger charge is 2.34. The molecular formula is C33H37ClF3NO3. The van der Waals surface area contributed by atoms with Crippen LogP contribution in [0, 0.1) is 5.92 Å². The van der Waals surface area contributed by atoms with Gasteiger partial charge in [0.15, 0.2) is 0 Å². The number of rotatable bonds is 12. The summed E-state index contributed by atoms with van der Waals surface area (Å²) in [5.74, 6) is 1.15. The van der Waals surface area contributed by atoms with Gasteiger partial charge < -0.3 is 9.47 Å². The van der Waals surface area contributed by atoms with E-state index in [9.17, 15) is 18.0 Å². The van der Waals surface area contributed by atoms with Crippen molar-refractivity contribution in [2.75, 3.05) is 26.8 Å². The number of carbonyl (C=O) groups excluding carboxylic acids is 1. The minimum atomic E-state index is -4.51. The second kappa shape index (κ2) is 14.7. The van der Waals surface area contributed by atoms with Crippen LogP contribution in [0.15, 0.2) is 84.2 Å². The number of methoxy groups -OCH3 is 1. The summed E-state index contributed by atoms with van der Waals surface area (Å²) in [6, 6.07) is 14.6. The largest absolute Gasteiger partial charge is 0.498 e. The van der Waals surface area contributed by atoms with E-state index >= 15 is 0 Å². The molecule has 1 unspecified atom stereocenters. The molecule has 8 heteroatoms. The van der Waals surface area contributed by atoms with E-state index in [2.05, 4.69) is 17.0 Å². The zero-order valence-electron chi connectivity index (χ0n) is 23.3. The minimum Gasteiger partial charge on any atom is -0.498 e. The van der Waals surface area contributed by atoms with Crippen LogP contribution in [0.2, 0.25) is 5.02 Å². The molecule has 0 amide bonds. The maximum atomic E-state index is 13.6. The fraction of sp³-hybridized carbons (Fsp3) is 0.424. The number of alkyl halides is 3. The Morgan fingerprint density at radius 3 is 2.59 bits per heavy atom. The quantitative estimate of drug-likeness (QED) is 0.142. The van der Waals surface area contributed by atoms with E-state index < -0.39 is 17.7 Å². The van der Waals surface area contributed by atoms with Crippen LogP contribution >= 0.6 is 11.6 Å². The number of benzene rings is 2. The van der Waals surface area contributed by atoms with E-state index in [0.717, 1.165) is 36.8 Å². The molecule has 220 valence electrons. The maximum absolute atomic E-state index is 13.6. The molecule has 2 aliphatic carbocycles. The lowest BCUT2D eigenvalue weighted by Crippen LogP contribution is -2.32. The van der Waals surface area contributed by atoms with Crippen LogP contribution in [0.1, 0.15) is 61.1 Å². The number of hydrogen-bond donors (Lipinski definition) is 0. The summed E-state index contributed by atoms with van der Waals surface area (Å²) < 4.78 is 51.5. The van der Waals surface area contributed by atoms with Gasteiger partial charge in [0.1, 0.15) is 5.76 Å². The van der Waals surface area contributed by atoms with E-state index in [1.807, 2.05) is 36.4 Å². The molecule has 0 spiro atoms. The highest BCUT2D eigenvalue weighted by atomic mass is 35.5. The SMILES string of the molecule is COC(=O)/C=C1\C=CC=C(OCCCN(Cc2cccc(C(F)(F)F)c2Cl)CC(c2ccccc2)C2CCCC2)C1. The summed E-state index contributed by atoms with van der Waals surface area (Å²) >= 11 is 6.32. The Hall–Kier alpha value is -3.03. The van der Waals surface area contributed by atoms with Gasteiger partial charge in [-0.3, -0.25) is 4.90 Å². The first-order valence-electron chi connectivity index (χ1n) is 14.1. The van der Waals surface area contributed by atoms with Crippen LogP contribution in [-0.2, 0) is 27.0 Å². The molecule has 0 bridgehead atoms. The van der Waals surface area contributed by atoms with Crippen LogP contribution < -0.4 is 0 Å². The predicted molar refractivity (Wildman–Crippen MR) is 155 cm³/mol. The third kappa shape index (κ3) is 8.98. The molecule has 2 aliphatic rings. The maximum Gasteiger partial charge on any atom is 0.417 e. The molecule has 41 heavy (non-hydrogen) atoms. The number of ether oxygens (including phenoxy) is 2. The second-order valence-corrected chi connectivity index (χ2v) is 11.1. The van der Waals surface area contributed by atoms with E-state index in [-0.39, 0.29) is 10.9 Å². The Bertz CT molecular complexity index is 1250. The van der Waals surface area contributed by atoms with E-state index in [1.54, 1.807) is 6.07 Å². The van der Waals surface area contributed by atoms with Gasteiger partial charge in [-0.25, -0.2) is 4.79 Å². The number of halogens is 4. The fourth-order valence-electron chi connectivity index (χ4n) is 5.76. The first-order valence-corrected chi connectivity index (χ1v) is 14.5. The monoisotopic (exact) mass is 587 g/mol. The van der Waals surface area contributed by atoms with Gasteiger partial charge in [-0.1, -0.05) is 79.1 Å². The van der Waals surface area contributed by atoms with Crippen molar-refractivity contribution in [3.8, 4) is 0 Å².